The van der Waals surface area contributed by atoms with Gasteiger partial charge in [-0.1, -0.05) is 42.5 Å². The van der Waals surface area contributed by atoms with Crippen LogP contribution in [0.3, 0.4) is 0 Å². The van der Waals surface area contributed by atoms with Crippen molar-refractivity contribution in [1.29, 1.82) is 0 Å². The number of ether oxygens (including phenoxy) is 1. The molecule has 1 atom stereocenters. The van der Waals surface area contributed by atoms with E-state index in [0.717, 1.165) is 34.3 Å². The number of alkyl halides is 3. The van der Waals surface area contributed by atoms with E-state index in [1.54, 1.807) is 42.6 Å². The van der Waals surface area contributed by atoms with Crippen LogP contribution in [0.1, 0.15) is 11.1 Å². The van der Waals surface area contributed by atoms with E-state index in [1.807, 2.05) is 48.4 Å². The summed E-state index contributed by atoms with van der Waals surface area (Å²) in [5.74, 6) is -1.51. The van der Waals surface area contributed by atoms with Crippen LogP contribution >= 0.6 is 0 Å². The smallest absolute Gasteiger partial charge is 0.471 e. The minimum atomic E-state index is -4.97. The molecule has 0 aliphatic heterocycles. The molecule has 0 spiro atoms. The second-order valence-corrected chi connectivity index (χ2v) is 8.85. The van der Waals surface area contributed by atoms with Crippen molar-refractivity contribution in [3.05, 3.63) is 90.1 Å². The zero-order chi connectivity index (χ0) is 25.7. The number of nitrogens with one attached hydrogen (secondary N) is 1. The predicted molar refractivity (Wildman–Crippen MR) is 132 cm³/mol. The van der Waals surface area contributed by atoms with E-state index in [4.69, 9.17) is 4.74 Å². The number of amides is 1. The van der Waals surface area contributed by atoms with Crippen molar-refractivity contribution in [3.63, 3.8) is 0 Å². The maximum absolute atomic E-state index is 12.9. The molecule has 3 aromatic carbocycles. The van der Waals surface area contributed by atoms with Gasteiger partial charge in [-0.25, -0.2) is 4.68 Å². The Morgan fingerprint density at radius 3 is 2.50 bits per heavy atom. The van der Waals surface area contributed by atoms with Gasteiger partial charge in [0, 0.05) is 11.9 Å². The van der Waals surface area contributed by atoms with E-state index in [9.17, 15) is 18.0 Å². The first-order valence-electron chi connectivity index (χ1n) is 11.5. The zero-order valence-electron chi connectivity index (χ0n) is 20.0. The normalized spacial score (nSPS) is 12.6. The molecule has 4 rings (SSSR count). The SMILES string of the molecule is CN(C)Cc1cccc(-n2ncc3cc(OCC(Cc4ccccc4)NC(=O)C(F)(F)F)ccc32)c1. The number of benzene rings is 3. The largest absolute Gasteiger partial charge is 0.491 e. The number of aromatic nitrogens is 2. The van der Waals surface area contributed by atoms with E-state index in [0.29, 0.717) is 5.75 Å². The number of carbonyl (C=O) groups excluding carboxylic acids is 1. The Morgan fingerprint density at radius 1 is 1.03 bits per heavy atom. The molecule has 0 saturated carbocycles. The van der Waals surface area contributed by atoms with Crippen molar-refractivity contribution in [2.24, 2.45) is 0 Å². The molecule has 0 saturated heterocycles. The van der Waals surface area contributed by atoms with E-state index in [-0.39, 0.29) is 13.0 Å². The highest BCUT2D eigenvalue weighted by Gasteiger charge is 2.39. The number of rotatable bonds is 9. The van der Waals surface area contributed by atoms with Gasteiger partial charge in [0.1, 0.15) is 12.4 Å². The Balaban J connectivity index is 1.50. The van der Waals surface area contributed by atoms with Gasteiger partial charge in [-0.3, -0.25) is 4.79 Å². The van der Waals surface area contributed by atoms with Crippen LogP contribution < -0.4 is 10.1 Å². The third-order valence-corrected chi connectivity index (χ3v) is 5.56. The van der Waals surface area contributed by atoms with E-state index >= 15 is 0 Å². The van der Waals surface area contributed by atoms with Crippen LogP contribution in [0.5, 0.6) is 5.75 Å². The van der Waals surface area contributed by atoms with Crippen LogP contribution in [0.25, 0.3) is 16.6 Å². The van der Waals surface area contributed by atoms with Crippen molar-refractivity contribution in [2.75, 3.05) is 20.7 Å². The van der Waals surface area contributed by atoms with Crippen LogP contribution in [-0.2, 0) is 17.8 Å². The minimum Gasteiger partial charge on any atom is -0.491 e. The van der Waals surface area contributed by atoms with Crippen molar-refractivity contribution < 1.29 is 22.7 Å². The number of nitrogens with zero attached hydrogens (tertiary/aromatic N) is 3. The average molecular weight is 497 g/mol. The van der Waals surface area contributed by atoms with Crippen molar-refractivity contribution in [3.8, 4) is 11.4 Å². The molecule has 188 valence electrons. The molecule has 6 nitrogen and oxygen atoms in total. The number of carbonyl (C=O) groups is 1. The molecule has 1 heterocycles. The first-order chi connectivity index (χ1) is 17.2. The average Bonchev–Trinajstić information content (AvgIpc) is 3.25. The van der Waals surface area contributed by atoms with E-state index in [2.05, 4.69) is 22.1 Å². The van der Waals surface area contributed by atoms with Crippen LogP contribution in [0.4, 0.5) is 13.2 Å². The molecule has 9 heteroatoms. The summed E-state index contributed by atoms with van der Waals surface area (Å²) in [7, 11) is 4.02. The molecule has 4 aromatic rings. The van der Waals surface area contributed by atoms with Gasteiger partial charge in [-0.2, -0.15) is 18.3 Å². The number of fused-ring (bicyclic) bond motifs is 1. The Bertz CT molecular complexity index is 1320. The lowest BCUT2D eigenvalue weighted by atomic mass is 10.1. The Morgan fingerprint density at radius 2 is 1.78 bits per heavy atom. The molecular formula is C27H27F3N4O2. The molecule has 1 unspecified atom stereocenters. The number of hydrogen-bond acceptors (Lipinski definition) is 4. The fourth-order valence-electron chi connectivity index (χ4n) is 3.97. The molecule has 0 aliphatic carbocycles. The lowest BCUT2D eigenvalue weighted by molar-refractivity contribution is -0.174. The fourth-order valence-corrected chi connectivity index (χ4v) is 3.97. The van der Waals surface area contributed by atoms with Gasteiger partial charge < -0.3 is 15.0 Å². The molecule has 1 aromatic heterocycles. The summed E-state index contributed by atoms with van der Waals surface area (Å²) in [6.45, 7) is 0.684. The lowest BCUT2D eigenvalue weighted by Gasteiger charge is -2.20. The van der Waals surface area contributed by atoms with Crippen LogP contribution in [0.2, 0.25) is 0 Å². The maximum Gasteiger partial charge on any atom is 0.471 e. The standard InChI is InChI=1S/C27H27F3N4O2/c1-33(2)17-20-9-6-10-23(14-20)34-25-12-11-24(15-21(25)16-31-34)36-18-22(32-26(35)27(28,29)30)13-19-7-4-3-5-8-19/h3-12,14-16,22H,13,17-18H2,1-2H3,(H,32,35). The van der Waals surface area contributed by atoms with Gasteiger partial charge >= 0.3 is 12.1 Å². The summed E-state index contributed by atoms with van der Waals surface area (Å²) in [6, 6.07) is 21.6. The first kappa shape index (κ1) is 25.2. The summed E-state index contributed by atoms with van der Waals surface area (Å²) in [5.41, 5.74) is 3.75. The summed E-state index contributed by atoms with van der Waals surface area (Å²) < 4.78 is 46.2. The molecule has 1 N–H and O–H groups in total. The third kappa shape index (κ3) is 6.42. The van der Waals surface area contributed by atoms with Gasteiger partial charge in [-0.15, -0.1) is 0 Å². The fraction of sp³-hybridized carbons (Fsp3) is 0.259. The van der Waals surface area contributed by atoms with Gasteiger partial charge in [0.05, 0.1) is 23.4 Å². The molecule has 1 amide bonds. The summed E-state index contributed by atoms with van der Waals surface area (Å²) in [5, 5.41) is 7.38. The van der Waals surface area contributed by atoms with Crippen molar-refractivity contribution in [1.82, 2.24) is 20.0 Å². The van der Waals surface area contributed by atoms with E-state index < -0.39 is 18.1 Å². The highest BCUT2D eigenvalue weighted by molar-refractivity contribution is 5.82. The summed E-state index contributed by atoms with van der Waals surface area (Å²) >= 11 is 0. The number of halogens is 3. The quantitative estimate of drug-likeness (QED) is 0.363. The summed E-state index contributed by atoms with van der Waals surface area (Å²) in [6.07, 6.45) is -3.05. The predicted octanol–water partition coefficient (Wildman–Crippen LogP) is 4.76. The molecular weight excluding hydrogens is 469 g/mol. The third-order valence-electron chi connectivity index (χ3n) is 5.56. The molecule has 0 bridgehead atoms. The van der Waals surface area contributed by atoms with Gasteiger partial charge in [0.2, 0.25) is 0 Å². The van der Waals surface area contributed by atoms with Gasteiger partial charge in [0.15, 0.2) is 0 Å². The molecule has 0 radical (unpaired) electrons. The second-order valence-electron chi connectivity index (χ2n) is 8.85. The summed E-state index contributed by atoms with van der Waals surface area (Å²) in [4.78, 5) is 13.7. The zero-order valence-corrected chi connectivity index (χ0v) is 20.0. The van der Waals surface area contributed by atoms with Gasteiger partial charge in [-0.05, 0) is 62.0 Å². The Kier molecular flexibility index (Phi) is 7.59. The van der Waals surface area contributed by atoms with Crippen LogP contribution in [-0.4, -0.2) is 53.5 Å². The maximum atomic E-state index is 12.9. The second kappa shape index (κ2) is 10.8. The first-order valence-corrected chi connectivity index (χ1v) is 11.5. The van der Waals surface area contributed by atoms with Crippen molar-refractivity contribution in [2.45, 2.75) is 25.2 Å². The van der Waals surface area contributed by atoms with Gasteiger partial charge in [0.25, 0.3) is 0 Å². The topological polar surface area (TPSA) is 59.4 Å². The van der Waals surface area contributed by atoms with Crippen LogP contribution in [0, 0.1) is 0 Å². The Labute approximate surface area is 207 Å². The highest BCUT2D eigenvalue weighted by atomic mass is 19.4. The van der Waals surface area contributed by atoms with E-state index in [1.165, 1.54) is 0 Å². The number of hydrogen-bond donors (Lipinski definition) is 1. The minimum absolute atomic E-state index is 0.122. The molecule has 36 heavy (non-hydrogen) atoms. The lowest BCUT2D eigenvalue weighted by Crippen LogP contribution is -2.46. The molecule has 0 aliphatic rings. The highest BCUT2D eigenvalue weighted by Crippen LogP contribution is 2.24. The van der Waals surface area contributed by atoms with Crippen LogP contribution in [0.15, 0.2) is 79.0 Å². The Hall–Kier alpha value is -3.85. The van der Waals surface area contributed by atoms with Crippen molar-refractivity contribution >= 4 is 16.8 Å². The monoisotopic (exact) mass is 496 g/mol. The molecule has 0 fully saturated rings.